The monoisotopic (exact) mass is 334 g/mol. The number of rotatable bonds is 1. The molecular weight excluding hydrogens is 319 g/mol. The van der Waals surface area contributed by atoms with Crippen molar-refractivity contribution in [3.63, 3.8) is 0 Å². The number of nitrogens with zero attached hydrogens (tertiary/aromatic N) is 1. The zero-order valence-corrected chi connectivity index (χ0v) is 13.4. The van der Waals surface area contributed by atoms with Gasteiger partial charge in [0.05, 0.1) is 12.1 Å². The van der Waals surface area contributed by atoms with Crippen LogP contribution in [0.3, 0.4) is 0 Å². The topological polar surface area (TPSA) is 37.2 Å². The largest absolute Gasteiger partial charge is 0.390 e. The summed E-state index contributed by atoms with van der Waals surface area (Å²) in [5.74, 6) is 0. The SMILES string of the molecule is O[C@H]1CNCC[C@@H]1n1c2ccc(Cl)cc2c2cc(Cl)ccc21. The van der Waals surface area contributed by atoms with E-state index in [2.05, 4.69) is 9.88 Å². The molecule has 2 atom stereocenters. The second-order valence-corrected chi connectivity index (χ2v) is 6.69. The van der Waals surface area contributed by atoms with Crippen molar-refractivity contribution in [3.05, 3.63) is 46.4 Å². The summed E-state index contributed by atoms with van der Waals surface area (Å²) in [7, 11) is 0. The van der Waals surface area contributed by atoms with Gasteiger partial charge in [-0.25, -0.2) is 0 Å². The molecule has 0 bridgehead atoms. The summed E-state index contributed by atoms with van der Waals surface area (Å²) in [6.45, 7) is 1.52. The number of aliphatic hydroxyl groups excluding tert-OH is 1. The third kappa shape index (κ3) is 2.20. The van der Waals surface area contributed by atoms with E-state index in [1.54, 1.807) is 0 Å². The molecule has 2 N–H and O–H groups in total. The number of hydrogen-bond acceptors (Lipinski definition) is 2. The highest BCUT2D eigenvalue weighted by atomic mass is 35.5. The van der Waals surface area contributed by atoms with Gasteiger partial charge in [-0.15, -0.1) is 0 Å². The lowest BCUT2D eigenvalue weighted by molar-refractivity contribution is 0.0913. The highest BCUT2D eigenvalue weighted by molar-refractivity contribution is 6.33. The smallest absolute Gasteiger partial charge is 0.0872 e. The summed E-state index contributed by atoms with van der Waals surface area (Å²) in [5, 5.41) is 17.2. The van der Waals surface area contributed by atoms with E-state index < -0.39 is 6.10 Å². The maximum atomic E-state index is 10.4. The van der Waals surface area contributed by atoms with Gasteiger partial charge in [0.25, 0.3) is 0 Å². The maximum Gasteiger partial charge on any atom is 0.0872 e. The Kier molecular flexibility index (Phi) is 3.54. The molecule has 22 heavy (non-hydrogen) atoms. The van der Waals surface area contributed by atoms with Crippen molar-refractivity contribution in [1.82, 2.24) is 9.88 Å². The molecule has 0 saturated carbocycles. The molecule has 0 unspecified atom stereocenters. The third-order valence-electron chi connectivity index (χ3n) is 4.47. The van der Waals surface area contributed by atoms with Gasteiger partial charge in [0.15, 0.2) is 0 Å². The number of halogens is 2. The van der Waals surface area contributed by atoms with Crippen molar-refractivity contribution in [2.75, 3.05) is 13.1 Å². The summed E-state index contributed by atoms with van der Waals surface area (Å²) in [6.07, 6.45) is 0.490. The van der Waals surface area contributed by atoms with Gasteiger partial charge in [0.1, 0.15) is 0 Å². The Bertz CT molecular complexity index is 799. The van der Waals surface area contributed by atoms with Crippen molar-refractivity contribution >= 4 is 45.0 Å². The second kappa shape index (κ2) is 5.43. The van der Waals surface area contributed by atoms with Crippen LogP contribution in [-0.4, -0.2) is 28.9 Å². The van der Waals surface area contributed by atoms with Crippen molar-refractivity contribution < 1.29 is 5.11 Å². The van der Waals surface area contributed by atoms with Crippen molar-refractivity contribution in [3.8, 4) is 0 Å². The van der Waals surface area contributed by atoms with E-state index in [4.69, 9.17) is 23.2 Å². The Morgan fingerprint density at radius 3 is 2.14 bits per heavy atom. The first-order chi connectivity index (χ1) is 10.6. The number of fused-ring (bicyclic) bond motifs is 3. The predicted octanol–water partition coefficient (Wildman–Crippen LogP) is 4.00. The lowest BCUT2D eigenvalue weighted by Crippen LogP contribution is -2.41. The molecule has 114 valence electrons. The fourth-order valence-electron chi connectivity index (χ4n) is 3.48. The first kappa shape index (κ1) is 14.3. The Morgan fingerprint density at radius 2 is 1.59 bits per heavy atom. The van der Waals surface area contributed by atoms with E-state index in [0.717, 1.165) is 34.8 Å². The number of β-amino-alcohol motifs (C(OH)–C–C–N with tert-alkyl or cyclic N) is 1. The molecule has 0 radical (unpaired) electrons. The fourth-order valence-corrected chi connectivity index (χ4v) is 3.83. The van der Waals surface area contributed by atoms with Crippen molar-refractivity contribution in [2.45, 2.75) is 18.6 Å². The van der Waals surface area contributed by atoms with Crippen LogP contribution >= 0.6 is 23.2 Å². The van der Waals surface area contributed by atoms with Crippen LogP contribution in [0.2, 0.25) is 10.0 Å². The minimum atomic E-state index is -0.404. The standard InChI is InChI=1S/C17H16Cl2N2O/c18-10-1-3-14-12(7-10)13-8-11(19)2-4-15(13)21(14)16-5-6-20-9-17(16)22/h1-4,7-8,16-17,20,22H,5-6,9H2/t16-,17-/m0/s1. The molecule has 1 aliphatic heterocycles. The molecule has 3 aromatic rings. The van der Waals surface area contributed by atoms with Gasteiger partial charge in [0.2, 0.25) is 0 Å². The predicted molar refractivity (Wildman–Crippen MR) is 92.0 cm³/mol. The molecule has 0 amide bonds. The molecule has 2 heterocycles. The Hall–Kier alpha value is -1.26. The number of benzene rings is 2. The maximum absolute atomic E-state index is 10.4. The highest BCUT2D eigenvalue weighted by Gasteiger charge is 2.27. The molecule has 1 fully saturated rings. The number of hydrogen-bond donors (Lipinski definition) is 2. The Balaban J connectivity index is 2.06. The first-order valence-electron chi connectivity index (χ1n) is 7.42. The number of piperidine rings is 1. The number of aliphatic hydroxyl groups is 1. The minimum Gasteiger partial charge on any atom is -0.390 e. The molecule has 4 rings (SSSR count). The van der Waals surface area contributed by atoms with Crippen LogP contribution in [0.15, 0.2) is 36.4 Å². The van der Waals surface area contributed by atoms with Crippen LogP contribution in [0.5, 0.6) is 0 Å². The average Bonchev–Trinajstić information content (AvgIpc) is 2.81. The molecule has 2 aromatic carbocycles. The van der Waals surface area contributed by atoms with E-state index in [1.807, 2.05) is 36.4 Å². The average molecular weight is 335 g/mol. The van der Waals surface area contributed by atoms with Crippen molar-refractivity contribution in [2.24, 2.45) is 0 Å². The summed E-state index contributed by atoms with van der Waals surface area (Å²) >= 11 is 12.4. The highest BCUT2D eigenvalue weighted by Crippen LogP contribution is 2.37. The zero-order valence-electron chi connectivity index (χ0n) is 11.9. The van der Waals surface area contributed by atoms with Gasteiger partial charge in [-0.05, 0) is 49.4 Å². The zero-order chi connectivity index (χ0) is 15.3. The third-order valence-corrected chi connectivity index (χ3v) is 4.94. The van der Waals surface area contributed by atoms with Crippen LogP contribution in [0.1, 0.15) is 12.5 Å². The molecule has 1 aliphatic rings. The first-order valence-corrected chi connectivity index (χ1v) is 8.18. The van der Waals surface area contributed by atoms with Gasteiger partial charge in [0, 0.05) is 38.4 Å². The summed E-state index contributed by atoms with van der Waals surface area (Å²) in [4.78, 5) is 0. The molecule has 0 aliphatic carbocycles. The van der Waals surface area contributed by atoms with Crippen molar-refractivity contribution in [1.29, 1.82) is 0 Å². The van der Waals surface area contributed by atoms with Gasteiger partial charge in [-0.2, -0.15) is 0 Å². The molecule has 1 aromatic heterocycles. The lowest BCUT2D eigenvalue weighted by atomic mass is 10.0. The van der Waals surface area contributed by atoms with E-state index in [0.29, 0.717) is 16.6 Å². The quantitative estimate of drug-likeness (QED) is 0.705. The van der Waals surface area contributed by atoms with Crippen LogP contribution < -0.4 is 5.32 Å². The Morgan fingerprint density at radius 1 is 1.00 bits per heavy atom. The van der Waals surface area contributed by atoms with E-state index in [-0.39, 0.29) is 6.04 Å². The van der Waals surface area contributed by atoms with Crippen LogP contribution in [0.25, 0.3) is 21.8 Å². The molecule has 3 nitrogen and oxygen atoms in total. The van der Waals surface area contributed by atoms with E-state index in [9.17, 15) is 5.11 Å². The molecule has 0 spiro atoms. The fraction of sp³-hybridized carbons (Fsp3) is 0.294. The van der Waals surface area contributed by atoms with Gasteiger partial charge >= 0.3 is 0 Å². The molecule has 5 heteroatoms. The molecule has 1 saturated heterocycles. The molecular formula is C17H16Cl2N2O. The van der Waals surface area contributed by atoms with Crippen LogP contribution in [0, 0.1) is 0 Å². The van der Waals surface area contributed by atoms with Crippen LogP contribution in [-0.2, 0) is 0 Å². The summed E-state index contributed by atoms with van der Waals surface area (Å²) in [6, 6.07) is 11.9. The van der Waals surface area contributed by atoms with Gasteiger partial charge < -0.3 is 15.0 Å². The van der Waals surface area contributed by atoms with E-state index >= 15 is 0 Å². The van der Waals surface area contributed by atoms with Gasteiger partial charge in [-0.3, -0.25) is 0 Å². The second-order valence-electron chi connectivity index (χ2n) is 5.82. The van der Waals surface area contributed by atoms with Crippen LogP contribution in [0.4, 0.5) is 0 Å². The number of nitrogens with one attached hydrogen (secondary N) is 1. The number of aromatic nitrogens is 1. The Labute approximate surface area is 138 Å². The summed E-state index contributed by atoms with van der Waals surface area (Å²) in [5.41, 5.74) is 2.18. The minimum absolute atomic E-state index is 0.0589. The summed E-state index contributed by atoms with van der Waals surface area (Å²) < 4.78 is 2.24. The van der Waals surface area contributed by atoms with E-state index in [1.165, 1.54) is 0 Å². The lowest BCUT2D eigenvalue weighted by Gasteiger charge is -2.31. The van der Waals surface area contributed by atoms with Gasteiger partial charge in [-0.1, -0.05) is 23.2 Å². The normalized spacial score (nSPS) is 22.5.